The molecule has 0 saturated carbocycles. The average Bonchev–Trinajstić information content (AvgIpc) is 3.06. The molecular weight excluding hydrogens is 330 g/mol. The van der Waals surface area contributed by atoms with E-state index in [-0.39, 0.29) is 12.1 Å². The van der Waals surface area contributed by atoms with E-state index in [0.717, 1.165) is 30.4 Å². The lowest BCUT2D eigenvalue weighted by Gasteiger charge is -2.29. The number of ether oxygens (including phenoxy) is 1. The smallest absolute Gasteiger partial charge is 0.410 e. The van der Waals surface area contributed by atoms with Gasteiger partial charge in [0.05, 0.1) is 17.1 Å². The molecule has 7 nitrogen and oxygen atoms in total. The van der Waals surface area contributed by atoms with Crippen molar-refractivity contribution in [1.82, 2.24) is 14.9 Å². The Bertz CT molecular complexity index is 787. The van der Waals surface area contributed by atoms with Gasteiger partial charge < -0.3 is 20.3 Å². The molecule has 26 heavy (non-hydrogen) atoms. The highest BCUT2D eigenvalue weighted by Gasteiger charge is 2.32. The number of rotatable bonds is 4. The van der Waals surface area contributed by atoms with Crippen LogP contribution in [-0.4, -0.2) is 52.7 Å². The summed E-state index contributed by atoms with van der Waals surface area (Å²) in [6.45, 7) is 7.00. The van der Waals surface area contributed by atoms with Gasteiger partial charge in [-0.3, -0.25) is 0 Å². The van der Waals surface area contributed by atoms with Crippen molar-refractivity contribution in [2.24, 2.45) is 0 Å². The van der Waals surface area contributed by atoms with Crippen LogP contribution in [0.5, 0.6) is 0 Å². The van der Waals surface area contributed by atoms with E-state index in [2.05, 4.69) is 20.6 Å². The number of carbonyl (C=O) groups is 1. The number of hydrogen-bond donors (Lipinski definition) is 2. The van der Waals surface area contributed by atoms with Gasteiger partial charge in [0, 0.05) is 20.1 Å². The predicted molar refractivity (Wildman–Crippen MR) is 104 cm³/mol. The minimum atomic E-state index is -0.485. The standard InChI is InChI=1S/C19H27N5O2/c1-19(2,3)26-18(25)24-11-7-8-13(24)12-21-17-16(20-4)22-14-9-5-6-10-15(14)23-17/h5-6,9-10,13H,7-8,11-12H2,1-4H3,(H,20,22)(H,21,23)/t13-/m0/s1. The number of hydrogen-bond acceptors (Lipinski definition) is 6. The van der Waals surface area contributed by atoms with E-state index in [0.29, 0.717) is 18.2 Å². The van der Waals surface area contributed by atoms with Gasteiger partial charge in [-0.2, -0.15) is 0 Å². The van der Waals surface area contributed by atoms with Gasteiger partial charge in [-0.1, -0.05) is 12.1 Å². The monoisotopic (exact) mass is 357 g/mol. The Morgan fingerprint density at radius 1 is 1.23 bits per heavy atom. The maximum absolute atomic E-state index is 12.4. The highest BCUT2D eigenvalue weighted by molar-refractivity contribution is 5.80. The predicted octanol–water partition coefficient (Wildman–Crippen LogP) is 3.48. The molecule has 2 aromatic rings. The van der Waals surface area contributed by atoms with Crippen molar-refractivity contribution in [3.05, 3.63) is 24.3 Å². The second-order valence-electron chi connectivity index (χ2n) is 7.51. The van der Waals surface area contributed by atoms with Gasteiger partial charge in [0.25, 0.3) is 0 Å². The molecular formula is C19H27N5O2. The average molecular weight is 357 g/mol. The summed E-state index contributed by atoms with van der Waals surface area (Å²) in [6, 6.07) is 7.86. The van der Waals surface area contributed by atoms with Crippen LogP contribution in [0, 0.1) is 0 Å². The van der Waals surface area contributed by atoms with E-state index < -0.39 is 5.60 Å². The molecule has 2 N–H and O–H groups in total. The van der Waals surface area contributed by atoms with Gasteiger partial charge in [-0.25, -0.2) is 14.8 Å². The Balaban J connectivity index is 1.71. The van der Waals surface area contributed by atoms with Crippen LogP contribution in [0.25, 0.3) is 11.0 Å². The van der Waals surface area contributed by atoms with Crippen LogP contribution >= 0.6 is 0 Å². The van der Waals surface area contributed by atoms with Gasteiger partial charge in [0.2, 0.25) is 0 Å². The minimum absolute atomic E-state index is 0.0860. The maximum Gasteiger partial charge on any atom is 0.410 e. The van der Waals surface area contributed by atoms with Crippen molar-refractivity contribution in [3.63, 3.8) is 0 Å². The van der Waals surface area contributed by atoms with Crippen molar-refractivity contribution in [1.29, 1.82) is 0 Å². The van der Waals surface area contributed by atoms with Gasteiger partial charge in [-0.15, -0.1) is 0 Å². The zero-order valence-electron chi connectivity index (χ0n) is 15.9. The first kappa shape index (κ1) is 18.2. The number of carbonyl (C=O) groups excluding carboxylic acids is 1. The third kappa shape index (κ3) is 4.15. The summed E-state index contributed by atoms with van der Waals surface area (Å²) in [5.74, 6) is 1.40. The topological polar surface area (TPSA) is 79.4 Å². The molecule has 1 aliphatic heterocycles. The fourth-order valence-corrected chi connectivity index (χ4v) is 3.12. The van der Waals surface area contributed by atoms with Crippen LogP contribution in [0.1, 0.15) is 33.6 Å². The molecule has 0 spiro atoms. The highest BCUT2D eigenvalue weighted by atomic mass is 16.6. The number of para-hydroxylation sites is 2. The number of nitrogens with one attached hydrogen (secondary N) is 2. The molecule has 0 radical (unpaired) electrons. The largest absolute Gasteiger partial charge is 0.444 e. The third-order valence-corrected chi connectivity index (χ3v) is 4.32. The SMILES string of the molecule is CNc1nc2ccccc2nc1NC[C@@H]1CCCN1C(=O)OC(C)(C)C. The quantitative estimate of drug-likeness (QED) is 0.872. The third-order valence-electron chi connectivity index (χ3n) is 4.32. The minimum Gasteiger partial charge on any atom is -0.444 e. The molecule has 1 atom stereocenters. The van der Waals surface area contributed by atoms with Gasteiger partial charge in [-0.05, 0) is 45.7 Å². The van der Waals surface area contributed by atoms with Crippen LogP contribution in [0.2, 0.25) is 0 Å². The second kappa shape index (κ2) is 7.35. The molecule has 1 amide bonds. The lowest BCUT2D eigenvalue weighted by molar-refractivity contribution is 0.0235. The van der Waals surface area contributed by atoms with Crippen molar-refractivity contribution < 1.29 is 9.53 Å². The van der Waals surface area contributed by atoms with Crippen LogP contribution < -0.4 is 10.6 Å². The van der Waals surface area contributed by atoms with E-state index in [1.54, 1.807) is 0 Å². The van der Waals surface area contributed by atoms with Gasteiger partial charge >= 0.3 is 6.09 Å². The molecule has 1 aromatic heterocycles. The Morgan fingerprint density at radius 2 is 1.88 bits per heavy atom. The summed E-state index contributed by atoms with van der Waals surface area (Å²) >= 11 is 0. The zero-order valence-corrected chi connectivity index (χ0v) is 15.9. The first-order valence-electron chi connectivity index (χ1n) is 9.05. The number of benzene rings is 1. The van der Waals surface area contributed by atoms with E-state index in [9.17, 15) is 4.79 Å². The molecule has 1 fully saturated rings. The van der Waals surface area contributed by atoms with Crippen molar-refractivity contribution in [2.45, 2.75) is 45.3 Å². The first-order valence-corrected chi connectivity index (χ1v) is 9.05. The van der Waals surface area contributed by atoms with Crippen molar-refractivity contribution in [2.75, 3.05) is 30.8 Å². The summed E-state index contributed by atoms with van der Waals surface area (Å²) in [5, 5.41) is 6.45. The number of amides is 1. The van der Waals surface area contributed by atoms with E-state index in [1.165, 1.54) is 0 Å². The normalized spacial score (nSPS) is 17.4. The Hall–Kier alpha value is -2.57. The Labute approximate surface area is 154 Å². The first-order chi connectivity index (χ1) is 12.4. The van der Waals surface area contributed by atoms with E-state index in [4.69, 9.17) is 4.74 Å². The van der Waals surface area contributed by atoms with Crippen molar-refractivity contribution in [3.8, 4) is 0 Å². The summed E-state index contributed by atoms with van der Waals surface area (Å²) in [5.41, 5.74) is 1.20. The Kier molecular flexibility index (Phi) is 5.15. The molecule has 140 valence electrons. The molecule has 0 unspecified atom stereocenters. The molecule has 0 aliphatic carbocycles. The number of fused-ring (bicyclic) bond motifs is 1. The van der Waals surface area contributed by atoms with Crippen molar-refractivity contribution >= 4 is 28.8 Å². The summed E-state index contributed by atoms with van der Waals surface area (Å²) in [4.78, 5) is 23.5. The lowest BCUT2D eigenvalue weighted by Crippen LogP contribution is -2.42. The maximum atomic E-state index is 12.4. The van der Waals surface area contributed by atoms with Crippen LogP contribution in [0.3, 0.4) is 0 Å². The number of likely N-dealkylation sites (tertiary alicyclic amines) is 1. The zero-order chi connectivity index (χ0) is 18.7. The van der Waals surface area contributed by atoms with E-state index in [1.807, 2.05) is 57.0 Å². The van der Waals surface area contributed by atoms with Gasteiger partial charge in [0.15, 0.2) is 11.6 Å². The molecule has 2 heterocycles. The molecule has 1 aliphatic rings. The number of nitrogens with zero attached hydrogens (tertiary/aromatic N) is 3. The Morgan fingerprint density at radius 3 is 2.50 bits per heavy atom. The second-order valence-corrected chi connectivity index (χ2v) is 7.51. The molecule has 1 aromatic carbocycles. The lowest BCUT2D eigenvalue weighted by atomic mass is 10.2. The molecule has 0 bridgehead atoms. The van der Waals surface area contributed by atoms with Crippen LogP contribution in [0.4, 0.5) is 16.4 Å². The number of anilines is 2. The fourth-order valence-electron chi connectivity index (χ4n) is 3.12. The van der Waals surface area contributed by atoms with Gasteiger partial charge in [0.1, 0.15) is 5.60 Å². The van der Waals surface area contributed by atoms with E-state index >= 15 is 0 Å². The fraction of sp³-hybridized carbons (Fsp3) is 0.526. The summed E-state index contributed by atoms with van der Waals surface area (Å²) < 4.78 is 5.53. The number of aromatic nitrogens is 2. The van der Waals surface area contributed by atoms with Crippen LogP contribution in [-0.2, 0) is 4.74 Å². The molecule has 1 saturated heterocycles. The van der Waals surface area contributed by atoms with Crippen LogP contribution in [0.15, 0.2) is 24.3 Å². The molecule has 3 rings (SSSR count). The highest BCUT2D eigenvalue weighted by Crippen LogP contribution is 2.24. The summed E-state index contributed by atoms with van der Waals surface area (Å²) in [7, 11) is 1.83. The summed E-state index contributed by atoms with van der Waals surface area (Å²) in [6.07, 6.45) is 1.68. The molecule has 7 heteroatoms.